The molecule has 0 spiro atoms. The van der Waals surface area contributed by atoms with Crippen molar-refractivity contribution in [1.29, 1.82) is 0 Å². The predicted molar refractivity (Wildman–Crippen MR) is 110 cm³/mol. The Morgan fingerprint density at radius 2 is 1.85 bits per heavy atom. The summed E-state index contributed by atoms with van der Waals surface area (Å²) in [5.41, 5.74) is 2.04. The third-order valence-corrected chi connectivity index (χ3v) is 4.96. The number of carbonyl (C=O) groups is 1. The predicted octanol–water partition coefficient (Wildman–Crippen LogP) is 3.18. The minimum absolute atomic E-state index is 0.0120. The first-order valence-electron chi connectivity index (χ1n) is 9.87. The largest absolute Gasteiger partial charge is 0.354 e. The average Bonchev–Trinajstić information content (AvgIpc) is 2.69. The fourth-order valence-electron chi connectivity index (χ4n) is 3.29. The van der Waals surface area contributed by atoms with Crippen LogP contribution in [0.4, 0.5) is 5.82 Å². The first kappa shape index (κ1) is 19.4. The molecule has 2 heterocycles. The number of hydrogen-bond acceptors (Lipinski definition) is 4. The average molecular weight is 367 g/mol. The topological polar surface area (TPSA) is 48.5 Å². The van der Waals surface area contributed by atoms with Crippen molar-refractivity contribution in [2.75, 3.05) is 37.6 Å². The quantitative estimate of drug-likeness (QED) is 0.818. The highest BCUT2D eigenvalue weighted by molar-refractivity contribution is 5.94. The Hall–Kier alpha value is -2.40. The summed E-state index contributed by atoms with van der Waals surface area (Å²) in [4.78, 5) is 21.6. The molecule has 1 saturated heterocycles. The monoisotopic (exact) mass is 366 g/mol. The third-order valence-electron chi connectivity index (χ3n) is 4.96. The Kier molecular flexibility index (Phi) is 6.82. The highest BCUT2D eigenvalue weighted by atomic mass is 16.1. The molecule has 2 aromatic rings. The first-order chi connectivity index (χ1) is 13.1. The van der Waals surface area contributed by atoms with Crippen molar-refractivity contribution in [3.63, 3.8) is 0 Å². The second-order valence-corrected chi connectivity index (χ2v) is 7.59. The summed E-state index contributed by atoms with van der Waals surface area (Å²) in [5.74, 6) is 1.47. The van der Waals surface area contributed by atoms with Crippen LogP contribution in [0.1, 0.15) is 36.2 Å². The van der Waals surface area contributed by atoms with Gasteiger partial charge >= 0.3 is 0 Å². The van der Waals surface area contributed by atoms with Crippen LogP contribution in [0.25, 0.3) is 0 Å². The Morgan fingerprint density at radius 1 is 1.11 bits per heavy atom. The van der Waals surface area contributed by atoms with E-state index in [0.717, 1.165) is 45.0 Å². The summed E-state index contributed by atoms with van der Waals surface area (Å²) >= 11 is 0. The molecule has 0 unspecified atom stereocenters. The summed E-state index contributed by atoms with van der Waals surface area (Å²) in [7, 11) is 0. The molecule has 5 nitrogen and oxygen atoms in total. The summed E-state index contributed by atoms with van der Waals surface area (Å²) in [5, 5.41) is 3.00. The molecule has 1 N–H and O–H groups in total. The van der Waals surface area contributed by atoms with Gasteiger partial charge in [-0.2, -0.15) is 0 Å². The Balaban J connectivity index is 1.53. The van der Waals surface area contributed by atoms with E-state index in [9.17, 15) is 4.79 Å². The van der Waals surface area contributed by atoms with Crippen molar-refractivity contribution >= 4 is 11.7 Å². The molecule has 1 fully saturated rings. The van der Waals surface area contributed by atoms with Gasteiger partial charge in [0.2, 0.25) is 0 Å². The molecular formula is C22H30N4O. The highest BCUT2D eigenvalue weighted by Crippen LogP contribution is 2.16. The molecule has 144 valence electrons. The van der Waals surface area contributed by atoms with Crippen LogP contribution in [0, 0.1) is 5.92 Å². The molecule has 5 heteroatoms. The van der Waals surface area contributed by atoms with Crippen LogP contribution in [0.5, 0.6) is 0 Å². The minimum atomic E-state index is -0.0120. The van der Waals surface area contributed by atoms with Crippen LogP contribution in [-0.2, 0) is 6.54 Å². The van der Waals surface area contributed by atoms with E-state index < -0.39 is 0 Å². The van der Waals surface area contributed by atoms with Gasteiger partial charge in [-0.05, 0) is 30.0 Å². The summed E-state index contributed by atoms with van der Waals surface area (Å²) in [6.45, 7) is 9.88. The van der Waals surface area contributed by atoms with Crippen LogP contribution >= 0.6 is 0 Å². The summed E-state index contributed by atoms with van der Waals surface area (Å²) in [6.07, 6.45) is 2.73. The zero-order chi connectivity index (χ0) is 19.1. The number of hydrogen-bond donors (Lipinski definition) is 1. The van der Waals surface area contributed by atoms with Gasteiger partial charge in [0, 0.05) is 51.0 Å². The number of piperazine rings is 1. The zero-order valence-electron chi connectivity index (χ0n) is 16.4. The van der Waals surface area contributed by atoms with E-state index >= 15 is 0 Å². The molecule has 0 atom stereocenters. The van der Waals surface area contributed by atoms with Gasteiger partial charge in [-0.1, -0.05) is 44.2 Å². The van der Waals surface area contributed by atoms with E-state index in [1.165, 1.54) is 5.56 Å². The third kappa shape index (κ3) is 5.79. The van der Waals surface area contributed by atoms with Crippen molar-refractivity contribution in [3.8, 4) is 0 Å². The van der Waals surface area contributed by atoms with E-state index in [-0.39, 0.29) is 5.91 Å². The lowest BCUT2D eigenvalue weighted by Gasteiger charge is -2.35. The fourth-order valence-corrected chi connectivity index (χ4v) is 3.29. The molecule has 1 aliphatic rings. The lowest BCUT2D eigenvalue weighted by molar-refractivity contribution is 0.0952. The van der Waals surface area contributed by atoms with E-state index in [0.29, 0.717) is 18.0 Å². The molecule has 1 amide bonds. The van der Waals surface area contributed by atoms with Crippen molar-refractivity contribution < 1.29 is 4.79 Å². The molecular weight excluding hydrogens is 336 g/mol. The maximum atomic E-state index is 12.4. The van der Waals surface area contributed by atoms with Gasteiger partial charge in [-0.3, -0.25) is 9.69 Å². The van der Waals surface area contributed by atoms with Gasteiger partial charge < -0.3 is 10.2 Å². The lowest BCUT2D eigenvalue weighted by Crippen LogP contribution is -2.46. The second kappa shape index (κ2) is 9.51. The van der Waals surface area contributed by atoms with Crippen LogP contribution < -0.4 is 10.2 Å². The molecule has 0 radical (unpaired) electrons. The Bertz CT molecular complexity index is 724. The number of carbonyl (C=O) groups excluding carboxylic acids is 1. The number of nitrogens with one attached hydrogen (secondary N) is 1. The fraction of sp³-hybridized carbons (Fsp3) is 0.455. The number of amides is 1. The van der Waals surface area contributed by atoms with Crippen LogP contribution in [0.3, 0.4) is 0 Å². The van der Waals surface area contributed by atoms with Gasteiger partial charge in [0.15, 0.2) is 0 Å². The number of rotatable bonds is 7. The van der Waals surface area contributed by atoms with Gasteiger partial charge in [-0.15, -0.1) is 0 Å². The SMILES string of the molecule is CC(C)CCNC(=O)c1ccnc(N2CCN(Cc3ccccc3)CC2)c1. The zero-order valence-corrected chi connectivity index (χ0v) is 16.4. The number of benzene rings is 1. The van der Waals surface area contributed by atoms with Crippen molar-refractivity contribution in [1.82, 2.24) is 15.2 Å². The molecule has 1 aromatic carbocycles. The number of aromatic nitrogens is 1. The van der Waals surface area contributed by atoms with Crippen LogP contribution in [-0.4, -0.2) is 48.5 Å². The Morgan fingerprint density at radius 3 is 2.56 bits per heavy atom. The van der Waals surface area contributed by atoms with Gasteiger partial charge in [-0.25, -0.2) is 4.98 Å². The molecule has 1 aromatic heterocycles. The molecule has 1 aliphatic heterocycles. The summed E-state index contributed by atoms with van der Waals surface area (Å²) in [6, 6.07) is 14.3. The van der Waals surface area contributed by atoms with E-state index in [2.05, 4.69) is 64.3 Å². The van der Waals surface area contributed by atoms with Crippen LogP contribution in [0.15, 0.2) is 48.7 Å². The number of anilines is 1. The van der Waals surface area contributed by atoms with E-state index in [4.69, 9.17) is 0 Å². The molecule has 0 bridgehead atoms. The minimum Gasteiger partial charge on any atom is -0.354 e. The van der Waals surface area contributed by atoms with Crippen molar-refractivity contribution in [2.24, 2.45) is 5.92 Å². The van der Waals surface area contributed by atoms with Crippen LogP contribution in [0.2, 0.25) is 0 Å². The second-order valence-electron chi connectivity index (χ2n) is 7.59. The molecule has 0 saturated carbocycles. The normalized spacial score (nSPS) is 15.1. The molecule has 3 rings (SSSR count). The van der Waals surface area contributed by atoms with Gasteiger partial charge in [0.25, 0.3) is 5.91 Å². The smallest absolute Gasteiger partial charge is 0.251 e. The van der Waals surface area contributed by atoms with Gasteiger partial charge in [0.05, 0.1) is 0 Å². The molecule has 27 heavy (non-hydrogen) atoms. The first-order valence-corrected chi connectivity index (χ1v) is 9.87. The maximum absolute atomic E-state index is 12.4. The van der Waals surface area contributed by atoms with Gasteiger partial charge in [0.1, 0.15) is 5.82 Å². The standard InChI is InChI=1S/C22H30N4O/c1-18(2)8-10-24-22(27)20-9-11-23-21(16-20)26-14-12-25(13-15-26)17-19-6-4-3-5-7-19/h3-7,9,11,16,18H,8,10,12-15,17H2,1-2H3,(H,24,27). The van der Waals surface area contributed by atoms with E-state index in [1.54, 1.807) is 12.3 Å². The molecule has 0 aliphatic carbocycles. The van der Waals surface area contributed by atoms with Crippen molar-refractivity contribution in [3.05, 3.63) is 59.8 Å². The highest BCUT2D eigenvalue weighted by Gasteiger charge is 2.19. The van der Waals surface area contributed by atoms with Crippen molar-refractivity contribution in [2.45, 2.75) is 26.8 Å². The lowest BCUT2D eigenvalue weighted by atomic mass is 10.1. The summed E-state index contributed by atoms with van der Waals surface area (Å²) < 4.78 is 0. The maximum Gasteiger partial charge on any atom is 0.251 e. The number of pyridine rings is 1. The van der Waals surface area contributed by atoms with E-state index in [1.807, 2.05) is 6.07 Å². The number of nitrogens with zero attached hydrogens (tertiary/aromatic N) is 3. The Labute approximate surface area is 162 Å².